The van der Waals surface area contributed by atoms with Gasteiger partial charge in [-0.05, 0) is 32.1 Å². The molecule has 5 nitrogen and oxygen atoms in total. The van der Waals surface area contributed by atoms with Crippen molar-refractivity contribution >= 4 is 17.7 Å². The van der Waals surface area contributed by atoms with Crippen LogP contribution in [-0.4, -0.2) is 47.2 Å². The van der Waals surface area contributed by atoms with E-state index in [0.717, 1.165) is 32.4 Å². The number of unbranched alkanes of at least 4 members (excludes halogenated alkanes) is 1. The van der Waals surface area contributed by atoms with E-state index in [4.69, 9.17) is 0 Å². The lowest BCUT2D eigenvalue weighted by molar-refractivity contribution is -0.136. The summed E-state index contributed by atoms with van der Waals surface area (Å²) in [5.41, 5.74) is 0. The third-order valence-electron chi connectivity index (χ3n) is 3.63. The zero-order valence-electron chi connectivity index (χ0n) is 11.1. The van der Waals surface area contributed by atoms with Crippen molar-refractivity contribution in [2.75, 3.05) is 19.6 Å². The van der Waals surface area contributed by atoms with Crippen LogP contribution < -0.4 is 0 Å². The Morgan fingerprint density at radius 1 is 1.00 bits per heavy atom. The van der Waals surface area contributed by atoms with Crippen molar-refractivity contribution in [3.8, 4) is 0 Å². The van der Waals surface area contributed by atoms with Crippen molar-refractivity contribution in [1.82, 2.24) is 9.80 Å². The van der Waals surface area contributed by atoms with E-state index in [2.05, 4.69) is 0 Å². The molecule has 0 radical (unpaired) electrons. The molecule has 0 N–H and O–H groups in total. The maximum atomic E-state index is 11.9. The Kier molecular flexibility index (Phi) is 4.71. The van der Waals surface area contributed by atoms with Crippen LogP contribution in [0.3, 0.4) is 0 Å². The van der Waals surface area contributed by atoms with Crippen LogP contribution in [-0.2, 0) is 14.4 Å². The second-order valence-corrected chi connectivity index (χ2v) is 5.06. The normalized spacial score (nSPS) is 19.4. The van der Waals surface area contributed by atoms with E-state index >= 15 is 0 Å². The predicted octanol–water partition coefficient (Wildman–Crippen LogP) is 1.09. The molecule has 2 heterocycles. The summed E-state index contributed by atoms with van der Waals surface area (Å²) in [6.07, 6.45) is 7.95. The third kappa shape index (κ3) is 3.66. The lowest BCUT2D eigenvalue weighted by Gasteiger charge is -2.26. The highest BCUT2D eigenvalue weighted by Gasteiger charge is 2.22. The number of rotatable bonds is 5. The van der Waals surface area contributed by atoms with Gasteiger partial charge in [0, 0.05) is 38.2 Å². The lowest BCUT2D eigenvalue weighted by atomic mass is 10.1. The minimum absolute atomic E-state index is 0.205. The fourth-order valence-corrected chi connectivity index (χ4v) is 2.50. The van der Waals surface area contributed by atoms with Gasteiger partial charge in [-0.3, -0.25) is 19.3 Å². The van der Waals surface area contributed by atoms with Crippen LogP contribution in [0.1, 0.15) is 38.5 Å². The minimum Gasteiger partial charge on any atom is -0.343 e. The average molecular weight is 264 g/mol. The number of piperidine rings is 1. The van der Waals surface area contributed by atoms with Gasteiger partial charge in [-0.1, -0.05) is 0 Å². The summed E-state index contributed by atoms with van der Waals surface area (Å²) in [5.74, 6) is -0.281. The molecule has 1 fully saturated rings. The van der Waals surface area contributed by atoms with Gasteiger partial charge < -0.3 is 4.90 Å². The van der Waals surface area contributed by atoms with E-state index in [1.54, 1.807) is 0 Å². The predicted molar refractivity (Wildman–Crippen MR) is 70.1 cm³/mol. The molecule has 104 valence electrons. The fourth-order valence-electron chi connectivity index (χ4n) is 2.50. The SMILES string of the molecule is O=C(CCCCN1C(=O)C=CC1=O)N1CCCCC1. The Morgan fingerprint density at radius 2 is 1.63 bits per heavy atom. The summed E-state index contributed by atoms with van der Waals surface area (Å²) >= 11 is 0. The molecule has 5 heteroatoms. The van der Waals surface area contributed by atoms with Crippen molar-refractivity contribution in [2.45, 2.75) is 38.5 Å². The Balaban J connectivity index is 1.62. The van der Waals surface area contributed by atoms with Gasteiger partial charge >= 0.3 is 0 Å². The maximum absolute atomic E-state index is 11.9. The Labute approximate surface area is 113 Å². The first kappa shape index (κ1) is 13.8. The molecular formula is C14H20N2O3. The number of carbonyl (C=O) groups is 3. The van der Waals surface area contributed by atoms with Crippen LogP contribution in [0.25, 0.3) is 0 Å². The Bertz CT molecular complexity index is 379. The van der Waals surface area contributed by atoms with E-state index in [1.165, 1.54) is 23.5 Å². The van der Waals surface area contributed by atoms with Gasteiger partial charge in [-0.25, -0.2) is 0 Å². The molecule has 1 saturated heterocycles. The van der Waals surface area contributed by atoms with E-state index < -0.39 is 0 Å². The van der Waals surface area contributed by atoms with Gasteiger partial charge in [0.05, 0.1) is 0 Å². The third-order valence-corrected chi connectivity index (χ3v) is 3.63. The van der Waals surface area contributed by atoms with Crippen LogP contribution in [0.15, 0.2) is 12.2 Å². The zero-order chi connectivity index (χ0) is 13.7. The highest BCUT2D eigenvalue weighted by atomic mass is 16.2. The van der Waals surface area contributed by atoms with Gasteiger partial charge in [-0.15, -0.1) is 0 Å². The van der Waals surface area contributed by atoms with E-state index in [0.29, 0.717) is 19.4 Å². The van der Waals surface area contributed by atoms with Crippen LogP contribution in [0.2, 0.25) is 0 Å². The molecule has 0 unspecified atom stereocenters. The molecule has 0 aromatic carbocycles. The molecule has 0 atom stereocenters. The van der Waals surface area contributed by atoms with Crippen molar-refractivity contribution in [1.29, 1.82) is 0 Å². The largest absolute Gasteiger partial charge is 0.343 e. The summed E-state index contributed by atoms with van der Waals surface area (Å²) in [7, 11) is 0. The standard InChI is InChI=1S/C14H20N2O3/c17-12(15-9-3-1-4-10-15)6-2-5-11-16-13(18)7-8-14(16)19/h7-8H,1-6,9-11H2. The lowest BCUT2D eigenvalue weighted by Crippen LogP contribution is -2.35. The molecule has 3 amide bonds. The first-order chi connectivity index (χ1) is 9.18. The van der Waals surface area contributed by atoms with Crippen molar-refractivity contribution < 1.29 is 14.4 Å². The summed E-state index contributed by atoms with van der Waals surface area (Å²) in [6, 6.07) is 0. The van der Waals surface area contributed by atoms with Crippen LogP contribution in [0.4, 0.5) is 0 Å². The van der Waals surface area contributed by atoms with Crippen molar-refractivity contribution in [3.05, 3.63) is 12.2 Å². The Morgan fingerprint density at radius 3 is 2.26 bits per heavy atom. The summed E-state index contributed by atoms with van der Waals surface area (Å²) in [6.45, 7) is 2.18. The number of likely N-dealkylation sites (tertiary alicyclic amines) is 1. The average Bonchev–Trinajstić information content (AvgIpc) is 2.75. The van der Waals surface area contributed by atoms with E-state index in [9.17, 15) is 14.4 Å². The van der Waals surface area contributed by atoms with Crippen LogP contribution in [0.5, 0.6) is 0 Å². The number of nitrogens with zero attached hydrogens (tertiary/aromatic N) is 2. The molecule has 2 aliphatic rings. The molecule has 0 saturated carbocycles. The van der Waals surface area contributed by atoms with Crippen molar-refractivity contribution in [2.24, 2.45) is 0 Å². The molecule has 2 rings (SSSR count). The first-order valence-corrected chi connectivity index (χ1v) is 7.00. The number of hydrogen-bond acceptors (Lipinski definition) is 3. The molecule has 19 heavy (non-hydrogen) atoms. The van der Waals surface area contributed by atoms with Gasteiger partial charge in [0.25, 0.3) is 11.8 Å². The first-order valence-electron chi connectivity index (χ1n) is 7.00. The van der Waals surface area contributed by atoms with Gasteiger partial charge in [0.1, 0.15) is 0 Å². The molecule has 0 aromatic rings. The molecular weight excluding hydrogens is 244 g/mol. The molecule has 0 bridgehead atoms. The highest BCUT2D eigenvalue weighted by molar-refractivity contribution is 6.12. The van der Waals surface area contributed by atoms with Gasteiger partial charge in [-0.2, -0.15) is 0 Å². The fraction of sp³-hybridized carbons (Fsp3) is 0.643. The second-order valence-electron chi connectivity index (χ2n) is 5.06. The number of hydrogen-bond donors (Lipinski definition) is 0. The molecule has 2 aliphatic heterocycles. The quantitative estimate of drug-likeness (QED) is 0.552. The minimum atomic E-state index is -0.243. The zero-order valence-corrected chi connectivity index (χ0v) is 11.1. The number of imide groups is 1. The van der Waals surface area contributed by atoms with E-state index in [-0.39, 0.29) is 17.7 Å². The van der Waals surface area contributed by atoms with Gasteiger partial charge in [0.2, 0.25) is 5.91 Å². The topological polar surface area (TPSA) is 57.7 Å². The number of amides is 3. The Hall–Kier alpha value is -1.65. The summed E-state index contributed by atoms with van der Waals surface area (Å²) in [5, 5.41) is 0. The molecule has 0 aromatic heterocycles. The second kappa shape index (κ2) is 6.50. The molecule has 0 spiro atoms. The van der Waals surface area contributed by atoms with E-state index in [1.807, 2.05) is 4.90 Å². The summed E-state index contributed by atoms with van der Waals surface area (Å²) in [4.78, 5) is 37.7. The summed E-state index contributed by atoms with van der Waals surface area (Å²) < 4.78 is 0. The van der Waals surface area contributed by atoms with Crippen LogP contribution in [0, 0.1) is 0 Å². The smallest absolute Gasteiger partial charge is 0.253 e. The van der Waals surface area contributed by atoms with Gasteiger partial charge in [0.15, 0.2) is 0 Å². The molecule has 0 aliphatic carbocycles. The monoisotopic (exact) mass is 264 g/mol. The highest BCUT2D eigenvalue weighted by Crippen LogP contribution is 2.12. The maximum Gasteiger partial charge on any atom is 0.253 e. The van der Waals surface area contributed by atoms with Crippen molar-refractivity contribution in [3.63, 3.8) is 0 Å². The van der Waals surface area contributed by atoms with Crippen LogP contribution >= 0.6 is 0 Å². The number of carbonyl (C=O) groups excluding carboxylic acids is 3.